The van der Waals surface area contributed by atoms with Crippen LogP contribution < -0.4 is 24.8 Å². The average Bonchev–Trinajstić information content (AvgIpc) is 3.55. The summed E-state index contributed by atoms with van der Waals surface area (Å²) in [6.45, 7) is 5.33. The maximum Gasteiger partial charge on any atom is 0.242 e. The predicted molar refractivity (Wildman–Crippen MR) is 175 cm³/mol. The van der Waals surface area contributed by atoms with Crippen molar-refractivity contribution in [2.45, 2.75) is 76.5 Å². The minimum Gasteiger partial charge on any atom is -0.507 e. The Morgan fingerprint density at radius 3 is 2.47 bits per heavy atom. The van der Waals surface area contributed by atoms with Crippen LogP contribution in [0.4, 0.5) is 0 Å². The minimum atomic E-state index is -0.964. The van der Waals surface area contributed by atoms with Gasteiger partial charge in [-0.05, 0) is 57.4 Å². The van der Waals surface area contributed by atoms with Crippen LogP contribution in [0.2, 0.25) is 0 Å². The van der Waals surface area contributed by atoms with Gasteiger partial charge in [0.2, 0.25) is 18.6 Å². The molecule has 2 bridgehead atoms. The molecule has 13 heteroatoms. The van der Waals surface area contributed by atoms with E-state index in [1.165, 1.54) is 7.11 Å². The van der Waals surface area contributed by atoms with Crippen LogP contribution in [0.15, 0.2) is 36.4 Å². The summed E-state index contributed by atoms with van der Waals surface area (Å²) in [5.74, 6) is 0.811. The number of carbonyl (C=O) groups is 2. The third kappa shape index (κ3) is 5.95. The van der Waals surface area contributed by atoms with Gasteiger partial charge in [0.05, 0.1) is 31.7 Å². The number of nitrogens with one attached hydrogen (secondary N) is 2. The Morgan fingerprint density at radius 2 is 1.76 bits per heavy atom. The molecule has 0 saturated carbocycles. The van der Waals surface area contributed by atoms with Gasteiger partial charge < -0.3 is 40.2 Å². The Bertz CT molecular complexity index is 1790. The molecule has 3 aromatic rings. The van der Waals surface area contributed by atoms with Crippen molar-refractivity contribution in [1.82, 2.24) is 20.4 Å². The van der Waals surface area contributed by atoms with Gasteiger partial charge in [-0.2, -0.15) is 0 Å². The Kier molecular flexibility index (Phi) is 10.1. The number of piperazine rings is 1. The molecule has 2 amide bonds. The van der Waals surface area contributed by atoms with Crippen molar-refractivity contribution in [3.8, 4) is 28.7 Å². The summed E-state index contributed by atoms with van der Waals surface area (Å²) in [5.41, 5.74) is 5.17. The number of aryl methyl sites for hydroxylation is 1. The number of fused-ring (bicyclic) bond motifs is 9. The summed E-state index contributed by atoms with van der Waals surface area (Å²) in [6, 6.07) is 8.75. The predicted octanol–water partition coefficient (Wildman–Crippen LogP) is 2.51. The first kappa shape index (κ1) is 35.7. The molecule has 7 rings (SSSR count). The van der Waals surface area contributed by atoms with Crippen molar-refractivity contribution >= 4 is 11.8 Å². The molecule has 12 nitrogen and oxygen atoms in total. The Morgan fingerprint density at radius 1 is 1.04 bits per heavy atom. The average molecular weight is 886 g/mol. The van der Waals surface area contributed by atoms with Crippen molar-refractivity contribution in [3.63, 3.8) is 0 Å². The monoisotopic (exact) mass is 885 g/mol. The molecule has 1 fully saturated rings. The number of aliphatic hydroxyl groups excluding tert-OH is 1. The number of aromatic hydroxyl groups is 2. The molecule has 1 saturated heterocycles. The van der Waals surface area contributed by atoms with Crippen molar-refractivity contribution in [1.29, 1.82) is 0 Å². The number of methoxy groups -OCH3 is 1. The van der Waals surface area contributed by atoms with Gasteiger partial charge in [0.15, 0.2) is 23.0 Å². The van der Waals surface area contributed by atoms with Crippen LogP contribution in [0, 0.1) is 57.9 Å². The number of amides is 2. The van der Waals surface area contributed by atoms with Gasteiger partial charge in [-0.3, -0.25) is 19.4 Å². The van der Waals surface area contributed by atoms with Gasteiger partial charge in [0, 0.05) is 78.9 Å². The number of rotatable bonds is 7. The van der Waals surface area contributed by atoms with Gasteiger partial charge in [-0.25, -0.2) is 0 Å². The molecule has 6 atom stereocenters. The molecule has 3 aromatic carbocycles. The van der Waals surface area contributed by atoms with E-state index in [2.05, 4.69) is 15.5 Å². The van der Waals surface area contributed by atoms with E-state index in [4.69, 9.17) is 14.2 Å². The number of phenols is 2. The largest absolute Gasteiger partial charge is 0.507 e. The number of aliphatic hydroxyl groups is 1. The summed E-state index contributed by atoms with van der Waals surface area (Å²) in [5, 5.41) is 41.1. The van der Waals surface area contributed by atoms with E-state index in [9.17, 15) is 24.9 Å². The van der Waals surface area contributed by atoms with E-state index in [-0.39, 0.29) is 93.3 Å². The van der Waals surface area contributed by atoms with E-state index >= 15 is 0 Å². The number of carbonyl (C=O) groups excluding carboxylic acids is 2. The normalized spacial score (nSPS) is 24.1. The topological polar surface area (TPSA) is 153 Å². The van der Waals surface area contributed by atoms with Crippen LogP contribution in [-0.4, -0.2) is 88.8 Å². The molecule has 0 spiro atoms. The first-order chi connectivity index (χ1) is 23.0. The molecular weight excluding hydrogens is 843 g/mol. The smallest absolute Gasteiger partial charge is 0.242 e. The van der Waals surface area contributed by atoms with E-state index in [1.54, 1.807) is 13.8 Å². The SMILES string of the molecule is COc1c(C)cc2c(c1O)[C@@H]1C3Cc4c(O)c(C)c5c(c4[C@H](CNC(=O)[C@H](C)NC(=O)Cc4ccccc4)N3[C@@H](O)[C@H](C2)N1C)OCO5.[Ac]. The number of phenolic OH excluding ortho intramolecular Hbond substituents is 2. The summed E-state index contributed by atoms with van der Waals surface area (Å²) < 4.78 is 17.4. The second kappa shape index (κ2) is 13.9. The molecule has 4 aliphatic heterocycles. The molecule has 257 valence electrons. The maximum absolute atomic E-state index is 13.5. The molecule has 0 aliphatic carbocycles. The zero-order valence-electron chi connectivity index (χ0n) is 28.3. The van der Waals surface area contributed by atoms with Gasteiger partial charge in [-0.15, -0.1) is 0 Å². The van der Waals surface area contributed by atoms with Gasteiger partial charge in [0.25, 0.3) is 0 Å². The quantitative estimate of drug-likeness (QED) is 0.240. The van der Waals surface area contributed by atoms with Crippen molar-refractivity contribution < 1.29 is 83.2 Å². The molecular formula is C36H42AcN4O8. The molecule has 1 radical (unpaired) electrons. The minimum absolute atomic E-state index is 0. The van der Waals surface area contributed by atoms with Gasteiger partial charge in [-0.1, -0.05) is 36.4 Å². The van der Waals surface area contributed by atoms with E-state index in [0.29, 0.717) is 46.8 Å². The third-order valence-corrected chi connectivity index (χ3v) is 10.6. The standard InChI is InChI=1S/C36H42N4O8.Ac/c1-17-11-21-13-24-36(45)40-23(29(39(24)4)27(21)31(43)32(17)46-5)14-22-28(34-33(47-16-48-34)18(2)30(22)42)25(40)15-37-35(44)19(3)38-26(41)12-20-9-7-6-8-10-20;/h6-11,19,23-25,29,36,42-43,45H,12-16H2,1-5H3,(H,37,44)(H,38,41);/t19-,23?,24-,25-,29-,36-;/m0./s1. The van der Waals surface area contributed by atoms with Crippen LogP contribution in [0.1, 0.15) is 58.0 Å². The number of nitrogens with zero attached hydrogens (tertiary/aromatic N) is 2. The summed E-state index contributed by atoms with van der Waals surface area (Å²) in [4.78, 5) is 30.3. The summed E-state index contributed by atoms with van der Waals surface area (Å²) >= 11 is 0. The van der Waals surface area contributed by atoms with Crippen LogP contribution in [0.3, 0.4) is 0 Å². The molecule has 4 heterocycles. The second-order valence-corrected chi connectivity index (χ2v) is 13.3. The summed E-state index contributed by atoms with van der Waals surface area (Å²) in [6.07, 6.45) is 0.00227. The van der Waals surface area contributed by atoms with Crippen LogP contribution >= 0.6 is 0 Å². The molecule has 49 heavy (non-hydrogen) atoms. The van der Waals surface area contributed by atoms with E-state index < -0.39 is 30.3 Å². The molecule has 0 aromatic heterocycles. The zero-order valence-corrected chi connectivity index (χ0v) is 33.1. The van der Waals surface area contributed by atoms with Crippen LogP contribution in [-0.2, 0) is 28.9 Å². The fourth-order valence-electron chi connectivity index (χ4n) is 8.34. The second-order valence-electron chi connectivity index (χ2n) is 13.3. The number of likely N-dealkylation sites (N-methyl/N-ethyl adjacent to an activating group) is 1. The number of ether oxygens (including phenoxy) is 3. The zero-order chi connectivity index (χ0) is 34.0. The maximum atomic E-state index is 13.5. The van der Waals surface area contributed by atoms with Crippen LogP contribution in [0.5, 0.6) is 28.7 Å². The number of benzene rings is 3. The van der Waals surface area contributed by atoms with E-state index in [0.717, 1.165) is 22.3 Å². The van der Waals surface area contributed by atoms with Gasteiger partial charge in [0.1, 0.15) is 18.0 Å². The fraction of sp³-hybridized carbons (Fsp3) is 0.444. The first-order valence-corrected chi connectivity index (χ1v) is 16.3. The van der Waals surface area contributed by atoms with Crippen molar-refractivity contribution in [3.05, 3.63) is 75.3 Å². The molecule has 5 N–H and O–H groups in total. The summed E-state index contributed by atoms with van der Waals surface area (Å²) in [7, 11) is 3.48. The molecule has 4 aliphatic rings. The number of hydrogen-bond donors (Lipinski definition) is 5. The fourth-order valence-corrected chi connectivity index (χ4v) is 8.34. The number of hydrogen-bond acceptors (Lipinski definition) is 10. The Hall–Kier alpha value is -3.08. The Labute approximate surface area is 321 Å². The Balaban J connectivity index is 0.00000417. The molecule has 1 unspecified atom stereocenters. The van der Waals surface area contributed by atoms with Crippen LogP contribution in [0.25, 0.3) is 0 Å². The third-order valence-electron chi connectivity index (χ3n) is 10.6. The van der Waals surface area contributed by atoms with Crippen molar-refractivity contribution in [2.24, 2.45) is 0 Å². The van der Waals surface area contributed by atoms with Crippen molar-refractivity contribution in [2.75, 3.05) is 27.5 Å². The van der Waals surface area contributed by atoms with E-state index in [1.807, 2.05) is 55.3 Å². The first-order valence-electron chi connectivity index (χ1n) is 16.3. The van der Waals surface area contributed by atoms with Gasteiger partial charge >= 0.3 is 0 Å².